The first-order chi connectivity index (χ1) is 9.83. The molecular formula is C15H19N3S2. The Morgan fingerprint density at radius 2 is 2.15 bits per heavy atom. The van der Waals surface area contributed by atoms with E-state index >= 15 is 0 Å². The van der Waals surface area contributed by atoms with E-state index in [0.717, 1.165) is 23.9 Å². The number of thioether (sulfide) groups is 2. The van der Waals surface area contributed by atoms with Gasteiger partial charge in [-0.1, -0.05) is 18.2 Å². The maximum atomic E-state index is 4.61. The van der Waals surface area contributed by atoms with Crippen molar-refractivity contribution in [1.82, 2.24) is 9.55 Å². The second-order valence-corrected chi connectivity index (χ2v) is 7.42. The predicted molar refractivity (Wildman–Crippen MR) is 90.4 cm³/mol. The Balaban J connectivity index is 1.73. The molecule has 2 heterocycles. The van der Waals surface area contributed by atoms with E-state index in [2.05, 4.69) is 68.9 Å². The van der Waals surface area contributed by atoms with Gasteiger partial charge in [0.25, 0.3) is 0 Å². The molecule has 20 heavy (non-hydrogen) atoms. The lowest BCUT2D eigenvalue weighted by Crippen LogP contribution is -2.24. The van der Waals surface area contributed by atoms with Crippen LogP contribution in [-0.4, -0.2) is 38.6 Å². The zero-order chi connectivity index (χ0) is 13.8. The number of rotatable bonds is 4. The summed E-state index contributed by atoms with van der Waals surface area (Å²) in [7, 11) is 0. The third-order valence-electron chi connectivity index (χ3n) is 3.23. The second-order valence-electron chi connectivity index (χ2n) is 4.86. The summed E-state index contributed by atoms with van der Waals surface area (Å²) in [6, 6.07) is 10.4. The summed E-state index contributed by atoms with van der Waals surface area (Å²) in [4.78, 5) is 4.61. The van der Waals surface area contributed by atoms with Crippen LogP contribution in [0.1, 0.15) is 5.69 Å². The van der Waals surface area contributed by atoms with Gasteiger partial charge in [-0.2, -0.15) is 23.5 Å². The summed E-state index contributed by atoms with van der Waals surface area (Å²) in [6.07, 6.45) is 2.08. The zero-order valence-corrected chi connectivity index (χ0v) is 13.2. The van der Waals surface area contributed by atoms with Crippen molar-refractivity contribution in [1.29, 1.82) is 0 Å². The number of anilines is 1. The molecule has 0 saturated carbocycles. The number of nitrogens with zero attached hydrogens (tertiary/aromatic N) is 2. The van der Waals surface area contributed by atoms with Crippen molar-refractivity contribution < 1.29 is 0 Å². The fourth-order valence-corrected chi connectivity index (χ4v) is 4.88. The van der Waals surface area contributed by atoms with Crippen LogP contribution >= 0.6 is 23.5 Å². The van der Waals surface area contributed by atoms with Crippen molar-refractivity contribution in [3.8, 4) is 5.69 Å². The second kappa shape index (κ2) is 6.59. The monoisotopic (exact) mass is 305 g/mol. The lowest BCUT2D eigenvalue weighted by molar-refractivity contribution is 0.954. The maximum absolute atomic E-state index is 4.61. The molecule has 3 nitrogen and oxygen atoms in total. The van der Waals surface area contributed by atoms with Gasteiger partial charge < -0.3 is 5.32 Å². The first-order valence-corrected chi connectivity index (χ1v) is 9.08. The van der Waals surface area contributed by atoms with Crippen LogP contribution in [0, 0.1) is 6.92 Å². The van der Waals surface area contributed by atoms with Gasteiger partial charge in [0.15, 0.2) is 0 Å². The van der Waals surface area contributed by atoms with E-state index in [4.69, 9.17) is 0 Å². The molecule has 1 aliphatic heterocycles. The van der Waals surface area contributed by atoms with Gasteiger partial charge in [0.2, 0.25) is 5.95 Å². The predicted octanol–water partition coefficient (Wildman–Crippen LogP) is 3.44. The van der Waals surface area contributed by atoms with E-state index in [1.54, 1.807) is 0 Å². The van der Waals surface area contributed by atoms with E-state index in [-0.39, 0.29) is 0 Å². The normalized spacial score (nSPS) is 18.9. The molecule has 1 unspecified atom stereocenters. The molecule has 2 aromatic rings. The Bertz CT molecular complexity index is 548. The van der Waals surface area contributed by atoms with Gasteiger partial charge in [0.1, 0.15) is 0 Å². The fraction of sp³-hybridized carbons (Fsp3) is 0.400. The lowest BCUT2D eigenvalue weighted by atomic mass is 10.3. The van der Waals surface area contributed by atoms with Crippen LogP contribution in [0.3, 0.4) is 0 Å². The molecular weight excluding hydrogens is 286 g/mol. The van der Waals surface area contributed by atoms with Crippen LogP contribution in [0.15, 0.2) is 36.5 Å². The lowest BCUT2D eigenvalue weighted by Gasteiger charge is -2.21. The Kier molecular flexibility index (Phi) is 4.58. The molecule has 106 valence electrons. The number of hydrogen-bond acceptors (Lipinski definition) is 4. The Morgan fingerprint density at radius 3 is 2.90 bits per heavy atom. The van der Waals surface area contributed by atoms with Crippen LogP contribution in [0.2, 0.25) is 0 Å². The molecule has 1 N–H and O–H groups in total. The smallest absolute Gasteiger partial charge is 0.207 e. The number of para-hydroxylation sites is 1. The highest BCUT2D eigenvalue weighted by Gasteiger charge is 2.15. The van der Waals surface area contributed by atoms with Gasteiger partial charge in [0.05, 0.1) is 5.69 Å². The highest BCUT2D eigenvalue weighted by atomic mass is 32.2. The molecule has 1 aliphatic rings. The molecule has 0 spiro atoms. The number of aromatic nitrogens is 2. The van der Waals surface area contributed by atoms with Crippen LogP contribution in [-0.2, 0) is 0 Å². The van der Waals surface area contributed by atoms with Crippen molar-refractivity contribution in [2.24, 2.45) is 0 Å². The third-order valence-corrected chi connectivity index (χ3v) is 6.08. The van der Waals surface area contributed by atoms with Crippen LogP contribution in [0.5, 0.6) is 0 Å². The average molecular weight is 305 g/mol. The van der Waals surface area contributed by atoms with Crippen molar-refractivity contribution in [3.63, 3.8) is 0 Å². The van der Waals surface area contributed by atoms with E-state index in [0.29, 0.717) is 5.25 Å². The van der Waals surface area contributed by atoms with E-state index in [1.807, 2.05) is 13.0 Å². The Morgan fingerprint density at radius 1 is 1.30 bits per heavy atom. The summed E-state index contributed by atoms with van der Waals surface area (Å²) in [6.45, 7) is 3.02. The molecule has 0 amide bonds. The highest BCUT2D eigenvalue weighted by Crippen LogP contribution is 2.24. The Hall–Kier alpha value is -1.07. The van der Waals surface area contributed by atoms with Crippen molar-refractivity contribution in [3.05, 3.63) is 42.2 Å². The van der Waals surface area contributed by atoms with Crippen LogP contribution < -0.4 is 5.32 Å². The minimum atomic E-state index is 0.690. The van der Waals surface area contributed by atoms with Crippen molar-refractivity contribution >= 4 is 29.5 Å². The van der Waals surface area contributed by atoms with Gasteiger partial charge >= 0.3 is 0 Å². The maximum Gasteiger partial charge on any atom is 0.207 e. The quantitative estimate of drug-likeness (QED) is 0.937. The summed E-state index contributed by atoms with van der Waals surface area (Å²) in [5.74, 6) is 4.75. The number of hydrogen-bond donors (Lipinski definition) is 1. The van der Waals surface area contributed by atoms with Gasteiger partial charge in [-0.3, -0.25) is 4.57 Å². The summed E-state index contributed by atoms with van der Waals surface area (Å²) >= 11 is 4.13. The molecule has 1 aromatic carbocycles. The number of nitrogens with one attached hydrogen (secondary N) is 1. The number of aryl methyl sites for hydroxylation is 1. The highest BCUT2D eigenvalue weighted by molar-refractivity contribution is 8.06. The topological polar surface area (TPSA) is 29.9 Å². The van der Waals surface area contributed by atoms with E-state index in [9.17, 15) is 0 Å². The molecule has 0 radical (unpaired) electrons. The first-order valence-electron chi connectivity index (χ1n) is 6.87. The molecule has 3 rings (SSSR count). The molecule has 1 aromatic heterocycles. The van der Waals surface area contributed by atoms with E-state index < -0.39 is 0 Å². The Labute approximate surface area is 128 Å². The van der Waals surface area contributed by atoms with E-state index in [1.165, 1.54) is 17.3 Å². The molecule has 1 atom stereocenters. The molecule has 1 fully saturated rings. The SMILES string of the molecule is Cc1cn(-c2ccccc2)c(NCC2CSCCS2)n1. The summed E-state index contributed by atoms with van der Waals surface area (Å²) in [5.41, 5.74) is 2.20. The van der Waals surface area contributed by atoms with Gasteiger partial charge in [-0.15, -0.1) is 0 Å². The fourth-order valence-electron chi connectivity index (χ4n) is 2.27. The van der Waals surface area contributed by atoms with Crippen molar-refractivity contribution in [2.75, 3.05) is 29.1 Å². The van der Waals surface area contributed by atoms with Gasteiger partial charge in [0, 0.05) is 40.9 Å². The number of imidazole rings is 1. The third kappa shape index (κ3) is 3.33. The van der Waals surface area contributed by atoms with Crippen LogP contribution in [0.4, 0.5) is 5.95 Å². The summed E-state index contributed by atoms with van der Waals surface area (Å²) in [5, 5.41) is 4.21. The molecule has 0 bridgehead atoms. The first kappa shape index (κ1) is 13.9. The standard InChI is InChI=1S/C15H19N3S2/c1-12-10-18(13-5-3-2-4-6-13)15(17-12)16-9-14-11-19-7-8-20-14/h2-6,10,14H,7-9,11H2,1H3,(H,16,17). The zero-order valence-electron chi connectivity index (χ0n) is 11.6. The number of benzene rings is 1. The van der Waals surface area contributed by atoms with Crippen LogP contribution in [0.25, 0.3) is 5.69 Å². The summed E-state index contributed by atoms with van der Waals surface area (Å²) < 4.78 is 2.13. The van der Waals surface area contributed by atoms with Crippen molar-refractivity contribution in [2.45, 2.75) is 12.2 Å². The molecule has 5 heteroatoms. The minimum absolute atomic E-state index is 0.690. The van der Waals surface area contributed by atoms with Gasteiger partial charge in [-0.05, 0) is 19.1 Å². The van der Waals surface area contributed by atoms with Gasteiger partial charge in [-0.25, -0.2) is 4.98 Å². The largest absolute Gasteiger partial charge is 0.354 e. The molecule has 1 saturated heterocycles. The minimum Gasteiger partial charge on any atom is -0.354 e. The molecule has 0 aliphatic carbocycles. The average Bonchev–Trinajstić information content (AvgIpc) is 2.88.